The van der Waals surface area contributed by atoms with Gasteiger partial charge in [0, 0.05) is 37.9 Å². The Balaban J connectivity index is 1.32. The summed E-state index contributed by atoms with van der Waals surface area (Å²) in [5.41, 5.74) is 2.56. The number of hydrogen-bond acceptors (Lipinski definition) is 3. The minimum Gasteiger partial charge on any atom is -0.310 e. The van der Waals surface area contributed by atoms with Crippen LogP contribution in [0.25, 0.3) is 0 Å². The highest BCUT2D eigenvalue weighted by Gasteiger charge is 2.33. The molecule has 0 aromatic carbocycles. The number of aromatic nitrogens is 1. The molecule has 3 fully saturated rings. The van der Waals surface area contributed by atoms with Crippen LogP contribution in [-0.4, -0.2) is 28.5 Å². The average Bonchev–Trinajstić information content (AvgIpc) is 3.30. The summed E-state index contributed by atoms with van der Waals surface area (Å²) in [5, 5.41) is 3.55. The number of hydrogen-bond donors (Lipinski definition) is 1. The maximum absolute atomic E-state index is 4.67. The van der Waals surface area contributed by atoms with Crippen molar-refractivity contribution >= 4 is 0 Å². The van der Waals surface area contributed by atoms with Gasteiger partial charge in [0.15, 0.2) is 0 Å². The fourth-order valence-electron chi connectivity index (χ4n) is 2.83. The molecule has 0 radical (unpaired) electrons. The summed E-state index contributed by atoms with van der Waals surface area (Å²) in [7, 11) is 0. The molecule has 108 valence electrons. The standard InChI is InChI=1S/C17H25N3/c1-2-13(1)11-20(17-7-8-17)12-16-4-3-14(10-19-16)9-18-15-5-6-15/h3-4,10,13,15,17-18H,1-2,5-9,11-12H2. The van der Waals surface area contributed by atoms with Gasteiger partial charge in [-0.2, -0.15) is 0 Å². The zero-order valence-electron chi connectivity index (χ0n) is 12.2. The SMILES string of the molecule is c1cc(CN(CC2CC2)C2CC2)ncc1CNC1CC1. The van der Waals surface area contributed by atoms with Gasteiger partial charge in [-0.25, -0.2) is 0 Å². The molecular weight excluding hydrogens is 246 g/mol. The Kier molecular flexibility index (Phi) is 3.49. The van der Waals surface area contributed by atoms with Gasteiger partial charge >= 0.3 is 0 Å². The van der Waals surface area contributed by atoms with Gasteiger partial charge in [-0.05, 0) is 56.1 Å². The highest BCUT2D eigenvalue weighted by molar-refractivity contribution is 5.14. The topological polar surface area (TPSA) is 28.2 Å². The molecule has 0 bridgehead atoms. The normalized spacial score (nSPS) is 22.4. The van der Waals surface area contributed by atoms with Gasteiger partial charge < -0.3 is 5.32 Å². The third-order valence-electron chi connectivity index (χ3n) is 4.68. The van der Waals surface area contributed by atoms with Crippen molar-refractivity contribution in [1.82, 2.24) is 15.2 Å². The van der Waals surface area contributed by atoms with Gasteiger partial charge in [0.1, 0.15) is 0 Å². The van der Waals surface area contributed by atoms with Crippen LogP contribution in [0.3, 0.4) is 0 Å². The van der Waals surface area contributed by atoms with Crippen molar-refractivity contribution in [2.24, 2.45) is 5.92 Å². The molecule has 3 saturated carbocycles. The Morgan fingerprint density at radius 3 is 2.55 bits per heavy atom. The highest BCUT2D eigenvalue weighted by Crippen LogP contribution is 2.35. The summed E-state index contributed by atoms with van der Waals surface area (Å²) in [6.07, 6.45) is 10.5. The molecule has 4 rings (SSSR count). The van der Waals surface area contributed by atoms with Crippen molar-refractivity contribution in [2.75, 3.05) is 6.54 Å². The average molecular weight is 271 g/mol. The first-order valence-electron chi connectivity index (χ1n) is 8.28. The molecule has 1 heterocycles. The molecule has 3 nitrogen and oxygen atoms in total. The van der Waals surface area contributed by atoms with Crippen LogP contribution in [0.4, 0.5) is 0 Å². The first kappa shape index (κ1) is 12.8. The van der Waals surface area contributed by atoms with E-state index in [1.807, 2.05) is 0 Å². The van der Waals surface area contributed by atoms with E-state index >= 15 is 0 Å². The molecule has 0 atom stereocenters. The fourth-order valence-corrected chi connectivity index (χ4v) is 2.83. The van der Waals surface area contributed by atoms with Gasteiger partial charge in [0.05, 0.1) is 5.69 Å². The number of nitrogens with one attached hydrogen (secondary N) is 1. The van der Waals surface area contributed by atoms with Crippen molar-refractivity contribution in [3.05, 3.63) is 29.6 Å². The van der Waals surface area contributed by atoms with E-state index in [0.717, 1.165) is 31.1 Å². The van der Waals surface area contributed by atoms with E-state index < -0.39 is 0 Å². The lowest BCUT2D eigenvalue weighted by Crippen LogP contribution is -2.28. The quantitative estimate of drug-likeness (QED) is 0.788. The Hall–Kier alpha value is -0.930. The first-order chi connectivity index (χ1) is 9.87. The monoisotopic (exact) mass is 271 g/mol. The molecule has 3 aliphatic carbocycles. The van der Waals surface area contributed by atoms with Crippen molar-refractivity contribution in [3.63, 3.8) is 0 Å². The summed E-state index contributed by atoms with van der Waals surface area (Å²) in [4.78, 5) is 7.34. The summed E-state index contributed by atoms with van der Waals surface area (Å²) in [6, 6.07) is 6.11. The zero-order valence-corrected chi connectivity index (χ0v) is 12.2. The molecule has 3 aliphatic rings. The third kappa shape index (κ3) is 3.58. The van der Waals surface area contributed by atoms with Gasteiger partial charge in [-0.15, -0.1) is 0 Å². The van der Waals surface area contributed by atoms with Crippen LogP contribution in [0, 0.1) is 5.92 Å². The van der Waals surface area contributed by atoms with E-state index in [4.69, 9.17) is 0 Å². The van der Waals surface area contributed by atoms with Crippen LogP contribution >= 0.6 is 0 Å². The van der Waals surface area contributed by atoms with Gasteiger partial charge in [0.25, 0.3) is 0 Å². The number of pyridine rings is 1. The molecule has 3 heteroatoms. The Morgan fingerprint density at radius 1 is 1.10 bits per heavy atom. The lowest BCUT2D eigenvalue weighted by atomic mass is 10.2. The molecule has 1 aromatic rings. The molecule has 0 amide bonds. The summed E-state index contributed by atoms with van der Waals surface area (Å²) in [6.45, 7) is 3.33. The minimum absolute atomic E-state index is 0.776. The first-order valence-corrected chi connectivity index (χ1v) is 8.28. The van der Waals surface area contributed by atoms with E-state index in [-0.39, 0.29) is 0 Å². The third-order valence-corrected chi connectivity index (χ3v) is 4.68. The zero-order chi connectivity index (χ0) is 13.4. The maximum Gasteiger partial charge on any atom is 0.0544 e. The minimum atomic E-state index is 0.776. The van der Waals surface area contributed by atoms with Crippen LogP contribution in [0.2, 0.25) is 0 Å². The second kappa shape index (κ2) is 5.45. The van der Waals surface area contributed by atoms with Gasteiger partial charge in [-0.1, -0.05) is 6.07 Å². The largest absolute Gasteiger partial charge is 0.310 e. The van der Waals surface area contributed by atoms with E-state index in [2.05, 4.69) is 33.5 Å². The van der Waals surface area contributed by atoms with Crippen LogP contribution in [0.15, 0.2) is 18.3 Å². The fraction of sp³-hybridized carbons (Fsp3) is 0.706. The van der Waals surface area contributed by atoms with Gasteiger partial charge in [-0.3, -0.25) is 9.88 Å². The summed E-state index contributed by atoms with van der Waals surface area (Å²) < 4.78 is 0. The number of nitrogens with zero attached hydrogens (tertiary/aromatic N) is 2. The van der Waals surface area contributed by atoms with Crippen LogP contribution in [-0.2, 0) is 13.1 Å². The Bertz CT molecular complexity index is 444. The predicted octanol–water partition coefficient (Wildman–Crippen LogP) is 2.71. The second-order valence-electron chi connectivity index (χ2n) is 6.92. The molecule has 1 N–H and O–H groups in total. The lowest BCUT2D eigenvalue weighted by molar-refractivity contribution is 0.241. The van der Waals surface area contributed by atoms with E-state index in [9.17, 15) is 0 Å². The summed E-state index contributed by atoms with van der Waals surface area (Å²) >= 11 is 0. The van der Waals surface area contributed by atoms with Crippen LogP contribution < -0.4 is 5.32 Å². The van der Waals surface area contributed by atoms with Crippen molar-refractivity contribution in [3.8, 4) is 0 Å². The smallest absolute Gasteiger partial charge is 0.0544 e. The molecule has 0 saturated heterocycles. The second-order valence-corrected chi connectivity index (χ2v) is 6.92. The maximum atomic E-state index is 4.67. The van der Waals surface area contributed by atoms with Crippen molar-refractivity contribution < 1.29 is 0 Å². The predicted molar refractivity (Wildman–Crippen MR) is 80.3 cm³/mol. The Labute approximate surface area is 121 Å². The van der Waals surface area contributed by atoms with Crippen molar-refractivity contribution in [2.45, 2.75) is 63.7 Å². The van der Waals surface area contributed by atoms with E-state index in [1.165, 1.54) is 56.3 Å². The Morgan fingerprint density at radius 2 is 1.95 bits per heavy atom. The molecule has 0 aliphatic heterocycles. The lowest BCUT2D eigenvalue weighted by Gasteiger charge is -2.21. The van der Waals surface area contributed by atoms with Crippen LogP contribution in [0.1, 0.15) is 49.8 Å². The molecule has 0 spiro atoms. The van der Waals surface area contributed by atoms with E-state index in [1.54, 1.807) is 0 Å². The highest BCUT2D eigenvalue weighted by atomic mass is 15.2. The molecule has 20 heavy (non-hydrogen) atoms. The molecule has 1 aromatic heterocycles. The molecule has 0 unspecified atom stereocenters. The molecular formula is C17H25N3. The van der Waals surface area contributed by atoms with Crippen molar-refractivity contribution in [1.29, 1.82) is 0 Å². The number of rotatable bonds is 8. The van der Waals surface area contributed by atoms with Gasteiger partial charge in [0.2, 0.25) is 0 Å². The summed E-state index contributed by atoms with van der Waals surface area (Å²) in [5.74, 6) is 0.984. The van der Waals surface area contributed by atoms with E-state index in [0.29, 0.717) is 0 Å². The van der Waals surface area contributed by atoms with Crippen LogP contribution in [0.5, 0.6) is 0 Å².